The van der Waals surface area contributed by atoms with E-state index in [0.717, 1.165) is 59.6 Å². The fourth-order valence-electron chi connectivity index (χ4n) is 7.12. The molecule has 2 fully saturated rings. The van der Waals surface area contributed by atoms with Crippen molar-refractivity contribution in [3.63, 3.8) is 0 Å². The maximum atomic E-state index is 14.1. The molecule has 0 aromatic carbocycles. The second-order valence-electron chi connectivity index (χ2n) is 14.6. The zero-order valence-electron chi connectivity index (χ0n) is 29.8. The predicted octanol–water partition coefficient (Wildman–Crippen LogP) is 6.50. The molecule has 1 saturated heterocycles. The predicted molar refractivity (Wildman–Crippen MR) is 192 cm³/mol. The van der Waals surface area contributed by atoms with Gasteiger partial charge in [-0.15, -0.1) is 11.6 Å². The summed E-state index contributed by atoms with van der Waals surface area (Å²) in [5.41, 5.74) is 5.25. The number of halogens is 1. The molecule has 1 unspecified atom stereocenters. The van der Waals surface area contributed by atoms with Crippen LogP contribution in [-0.4, -0.2) is 79.2 Å². The Labute approximate surface area is 301 Å². The zero-order chi connectivity index (χ0) is 36.2. The molecule has 0 spiro atoms. The minimum atomic E-state index is -0.623. The van der Waals surface area contributed by atoms with E-state index >= 15 is 0 Å². The molecule has 2 aliphatic heterocycles. The molecule has 2 N–H and O–H groups in total. The summed E-state index contributed by atoms with van der Waals surface area (Å²) in [4.78, 5) is 50.8. The van der Waals surface area contributed by atoms with Crippen molar-refractivity contribution in [2.75, 3.05) is 19.6 Å². The molecule has 0 radical (unpaired) electrons. The highest BCUT2D eigenvalue weighted by Crippen LogP contribution is 2.40. The lowest BCUT2D eigenvalue weighted by atomic mass is 10.0. The smallest absolute Gasteiger partial charge is 0.408 e. The van der Waals surface area contributed by atoms with Gasteiger partial charge in [-0.2, -0.15) is 0 Å². The summed E-state index contributed by atoms with van der Waals surface area (Å²) < 4.78 is 20.6. The molecule has 4 aromatic rings. The first kappa shape index (κ1) is 34.7. The fourth-order valence-corrected chi connectivity index (χ4v) is 7.20. The van der Waals surface area contributed by atoms with Crippen LogP contribution in [-0.2, 0) is 16.0 Å². The summed E-state index contributed by atoms with van der Waals surface area (Å²) in [7, 11) is 1.58. The summed E-state index contributed by atoms with van der Waals surface area (Å²) in [6.07, 6.45) is 4.62. The third-order valence-corrected chi connectivity index (χ3v) is 9.78. The van der Waals surface area contributed by atoms with Gasteiger partial charge in [0.05, 0.1) is 42.2 Å². The molecule has 4 aromatic heterocycles. The standard InChI is InChI=1S/C37H44ClN7O6/c1-20(39-35(47)50-14-13-38)26-11-9-23-15-29(43(33(23)40-26)19-22-7-8-22)32-21(2)44-30(42-32)16-24(17-31(44)49-6)34(46)45-25-10-12-28(45)27(18-25)41-36(48)51-37(3,4)5/h9,11-12,15-17,20,22,25,27H,7-8,10,13-14,18-19H2,1-6H3,(H,39,47)(H,41,48)/t20-,25?,27-/m1/s1. The van der Waals surface area contributed by atoms with Crippen molar-refractivity contribution in [2.45, 2.75) is 90.6 Å². The van der Waals surface area contributed by atoms with E-state index in [4.69, 9.17) is 35.8 Å². The molecule has 3 aliphatic rings. The van der Waals surface area contributed by atoms with E-state index in [1.807, 2.05) is 57.2 Å². The number of fused-ring (bicyclic) bond motifs is 4. The topological polar surface area (TPSA) is 141 Å². The highest BCUT2D eigenvalue weighted by molar-refractivity contribution is 6.18. The average molecular weight is 718 g/mol. The summed E-state index contributed by atoms with van der Waals surface area (Å²) >= 11 is 5.66. The van der Waals surface area contributed by atoms with E-state index in [1.165, 1.54) is 0 Å². The van der Waals surface area contributed by atoms with Crippen molar-refractivity contribution in [3.8, 4) is 17.3 Å². The molecular weight excluding hydrogens is 674 g/mol. The molecule has 14 heteroatoms. The number of nitrogens with zero attached hydrogens (tertiary/aromatic N) is 5. The number of carbonyl (C=O) groups excluding carboxylic acids is 3. The van der Waals surface area contributed by atoms with Gasteiger partial charge in [0, 0.05) is 35.3 Å². The van der Waals surface area contributed by atoms with Gasteiger partial charge < -0.3 is 34.3 Å². The van der Waals surface area contributed by atoms with Crippen molar-refractivity contribution >= 4 is 46.4 Å². The van der Waals surface area contributed by atoms with Gasteiger partial charge in [0.25, 0.3) is 5.91 Å². The van der Waals surface area contributed by atoms with Crippen LogP contribution >= 0.6 is 11.6 Å². The van der Waals surface area contributed by atoms with Crippen molar-refractivity contribution in [3.05, 3.63) is 59.1 Å². The molecule has 3 amide bonds. The number of alkyl carbamates (subject to hydrolysis) is 2. The molecule has 6 heterocycles. The highest BCUT2D eigenvalue weighted by atomic mass is 35.5. The van der Waals surface area contributed by atoms with Crippen LogP contribution in [0.25, 0.3) is 28.1 Å². The first-order chi connectivity index (χ1) is 24.3. The van der Waals surface area contributed by atoms with Crippen LogP contribution in [0.2, 0.25) is 0 Å². The van der Waals surface area contributed by atoms with Crippen LogP contribution in [0.1, 0.15) is 81.2 Å². The average Bonchev–Trinajstić information content (AvgIpc) is 3.39. The summed E-state index contributed by atoms with van der Waals surface area (Å²) in [5.74, 6) is 1.08. The second kappa shape index (κ2) is 13.4. The molecule has 1 saturated carbocycles. The van der Waals surface area contributed by atoms with Gasteiger partial charge in [-0.05, 0) is 90.5 Å². The van der Waals surface area contributed by atoms with Crippen molar-refractivity contribution in [1.29, 1.82) is 0 Å². The number of methoxy groups -OCH3 is 1. The number of hydrogen-bond acceptors (Lipinski definition) is 8. The summed E-state index contributed by atoms with van der Waals surface area (Å²) in [5, 5.41) is 6.73. The van der Waals surface area contributed by atoms with Crippen LogP contribution in [0.5, 0.6) is 5.88 Å². The Morgan fingerprint density at radius 2 is 1.88 bits per heavy atom. The van der Waals surface area contributed by atoms with Crippen LogP contribution < -0.4 is 15.4 Å². The Balaban J connectivity index is 1.21. The van der Waals surface area contributed by atoms with E-state index < -0.39 is 17.8 Å². The van der Waals surface area contributed by atoms with Gasteiger partial charge in [-0.1, -0.05) is 6.08 Å². The Morgan fingerprint density at radius 1 is 1.10 bits per heavy atom. The molecular formula is C37H44ClN7O6. The Morgan fingerprint density at radius 3 is 2.59 bits per heavy atom. The minimum absolute atomic E-state index is 0.0589. The number of rotatable bonds is 10. The third kappa shape index (κ3) is 6.83. The highest BCUT2D eigenvalue weighted by Gasteiger charge is 2.44. The van der Waals surface area contributed by atoms with E-state index in [9.17, 15) is 14.4 Å². The van der Waals surface area contributed by atoms with Crippen LogP contribution in [0.15, 0.2) is 42.1 Å². The van der Waals surface area contributed by atoms with E-state index in [0.29, 0.717) is 35.1 Å². The quantitative estimate of drug-likeness (QED) is 0.177. The third-order valence-electron chi connectivity index (χ3n) is 9.62. The number of amides is 3. The lowest BCUT2D eigenvalue weighted by Crippen LogP contribution is -2.40. The molecule has 13 nitrogen and oxygen atoms in total. The van der Waals surface area contributed by atoms with E-state index in [2.05, 4.69) is 21.3 Å². The maximum absolute atomic E-state index is 14.1. The minimum Gasteiger partial charge on any atom is -0.482 e. The monoisotopic (exact) mass is 717 g/mol. The lowest BCUT2D eigenvalue weighted by Gasteiger charge is -2.23. The van der Waals surface area contributed by atoms with Crippen molar-refractivity contribution in [2.24, 2.45) is 5.92 Å². The zero-order valence-corrected chi connectivity index (χ0v) is 30.5. The van der Waals surface area contributed by atoms with Crippen molar-refractivity contribution in [1.82, 2.24) is 34.5 Å². The largest absolute Gasteiger partial charge is 0.482 e. The van der Waals surface area contributed by atoms with Crippen LogP contribution in [0.3, 0.4) is 0 Å². The van der Waals surface area contributed by atoms with E-state index in [-0.39, 0.29) is 36.5 Å². The summed E-state index contributed by atoms with van der Waals surface area (Å²) in [6, 6.07) is 8.83. The first-order valence-corrected chi connectivity index (χ1v) is 18.0. The van der Waals surface area contributed by atoms with Gasteiger partial charge in [0.2, 0.25) is 0 Å². The number of nitrogens with one attached hydrogen (secondary N) is 2. The Bertz CT molecular complexity index is 2060. The number of carbonyl (C=O) groups is 3. The van der Waals surface area contributed by atoms with Gasteiger partial charge in [-0.25, -0.2) is 19.6 Å². The second-order valence-corrected chi connectivity index (χ2v) is 15.0. The molecule has 2 bridgehead atoms. The molecule has 3 atom stereocenters. The Kier molecular flexibility index (Phi) is 9.11. The normalized spacial score (nSPS) is 19.0. The number of pyridine rings is 2. The molecule has 51 heavy (non-hydrogen) atoms. The number of alkyl halides is 1. The van der Waals surface area contributed by atoms with Gasteiger partial charge >= 0.3 is 12.2 Å². The van der Waals surface area contributed by atoms with Gasteiger partial charge in [-0.3, -0.25) is 9.20 Å². The lowest BCUT2D eigenvalue weighted by molar-refractivity contribution is 0.0510. The first-order valence-electron chi connectivity index (χ1n) is 17.4. The van der Waals surface area contributed by atoms with Crippen LogP contribution in [0.4, 0.5) is 9.59 Å². The number of aromatic nitrogens is 4. The van der Waals surface area contributed by atoms with Gasteiger partial charge in [0.15, 0.2) is 5.88 Å². The summed E-state index contributed by atoms with van der Waals surface area (Å²) in [6.45, 7) is 10.2. The van der Waals surface area contributed by atoms with Gasteiger partial charge in [0.1, 0.15) is 29.2 Å². The van der Waals surface area contributed by atoms with E-state index in [1.54, 1.807) is 24.1 Å². The Hall–Kier alpha value is -4.78. The number of hydrogen-bond donors (Lipinski definition) is 2. The number of imidazole rings is 1. The van der Waals surface area contributed by atoms with Crippen LogP contribution in [0, 0.1) is 12.8 Å². The van der Waals surface area contributed by atoms with Crippen molar-refractivity contribution < 1.29 is 28.6 Å². The number of ether oxygens (including phenoxy) is 3. The maximum Gasteiger partial charge on any atom is 0.408 e. The molecule has 7 rings (SSSR count). The fraction of sp³-hybridized carbons (Fsp3) is 0.486. The number of aryl methyl sites for hydroxylation is 1. The molecule has 1 aliphatic carbocycles. The SMILES string of the molecule is COc1cc(C(=O)N2C3=CCC2C[C@H]3NC(=O)OC(C)(C)C)cc2nc(-c3cc4ccc([C@@H](C)NC(=O)OCCCl)nc4n3CC3CC3)c(C)n12. The molecule has 270 valence electrons.